The summed E-state index contributed by atoms with van der Waals surface area (Å²) in [6.07, 6.45) is 67.3. The van der Waals surface area contributed by atoms with Crippen molar-refractivity contribution in [3.63, 3.8) is 0 Å². The fourth-order valence-electron chi connectivity index (χ4n) is 7.47. The first-order valence-corrected chi connectivity index (χ1v) is 27.4. The van der Waals surface area contributed by atoms with Gasteiger partial charge in [-0.3, -0.25) is 14.4 Å². The van der Waals surface area contributed by atoms with Gasteiger partial charge in [0.1, 0.15) is 13.2 Å². The number of hydrogen-bond acceptors (Lipinski definition) is 6. The quantitative estimate of drug-likeness (QED) is 0.0262. The highest BCUT2D eigenvalue weighted by molar-refractivity contribution is 5.71. The van der Waals surface area contributed by atoms with E-state index in [1.807, 2.05) is 0 Å². The molecule has 374 valence electrons. The van der Waals surface area contributed by atoms with Gasteiger partial charge in [-0.25, -0.2) is 0 Å². The van der Waals surface area contributed by atoms with Crippen LogP contribution in [0.15, 0.2) is 72.9 Å². The van der Waals surface area contributed by atoms with Gasteiger partial charge < -0.3 is 14.2 Å². The Bertz CT molecular complexity index is 1230. The molecule has 0 saturated heterocycles. The van der Waals surface area contributed by atoms with Gasteiger partial charge in [0.2, 0.25) is 0 Å². The Balaban J connectivity index is 4.44. The molecule has 1 atom stereocenters. The van der Waals surface area contributed by atoms with E-state index >= 15 is 0 Å². The number of rotatable bonds is 49. The molecule has 0 aliphatic heterocycles. The standard InChI is InChI=1S/C59H102O6/c1-4-7-10-13-16-19-22-25-27-29-31-34-37-40-43-46-49-52-58(61)64-55-56(54-63-57(60)51-48-45-42-39-36-33-24-21-18-15-12-9-6-3)65-59(62)53-50-47-44-41-38-35-32-30-28-26-23-20-17-14-11-8-5-2/h16-17,19-21,24-28,31,34,56H,4-15,18,22-23,29-30,32-33,35-55H2,1-3H3/b19-16-,20-17-,24-21-,27-25-,28-26-,34-31-/t56-/m0/s1. The Labute approximate surface area is 402 Å². The second-order valence-electron chi connectivity index (χ2n) is 18.1. The lowest BCUT2D eigenvalue weighted by atomic mass is 10.1. The second-order valence-corrected chi connectivity index (χ2v) is 18.1. The van der Waals surface area contributed by atoms with E-state index in [2.05, 4.69) is 93.7 Å². The molecule has 0 saturated carbocycles. The molecular weight excluding hydrogens is 805 g/mol. The molecule has 0 amide bonds. The zero-order valence-corrected chi connectivity index (χ0v) is 42.7. The monoisotopic (exact) mass is 907 g/mol. The third-order valence-corrected chi connectivity index (χ3v) is 11.7. The van der Waals surface area contributed by atoms with E-state index in [-0.39, 0.29) is 31.1 Å². The van der Waals surface area contributed by atoms with Crippen LogP contribution in [0.25, 0.3) is 0 Å². The zero-order valence-electron chi connectivity index (χ0n) is 42.7. The molecule has 0 radical (unpaired) electrons. The molecule has 0 spiro atoms. The molecule has 0 aliphatic rings. The third kappa shape index (κ3) is 51.7. The van der Waals surface area contributed by atoms with Crippen LogP contribution < -0.4 is 0 Å². The number of allylic oxidation sites excluding steroid dienone is 12. The molecule has 0 aromatic heterocycles. The molecule has 0 aliphatic carbocycles. The molecule has 65 heavy (non-hydrogen) atoms. The Hall–Kier alpha value is -3.15. The maximum absolute atomic E-state index is 12.8. The normalized spacial score (nSPS) is 12.6. The predicted molar refractivity (Wildman–Crippen MR) is 279 cm³/mol. The summed E-state index contributed by atoms with van der Waals surface area (Å²) < 4.78 is 16.8. The summed E-state index contributed by atoms with van der Waals surface area (Å²) in [5.41, 5.74) is 0. The van der Waals surface area contributed by atoms with Gasteiger partial charge in [-0.2, -0.15) is 0 Å². The van der Waals surface area contributed by atoms with Crippen LogP contribution in [0.2, 0.25) is 0 Å². The minimum atomic E-state index is -0.792. The summed E-state index contributed by atoms with van der Waals surface area (Å²) in [6, 6.07) is 0. The van der Waals surface area contributed by atoms with Crippen molar-refractivity contribution in [1.29, 1.82) is 0 Å². The highest BCUT2D eigenvalue weighted by Crippen LogP contribution is 2.14. The molecule has 0 aromatic rings. The van der Waals surface area contributed by atoms with Crippen LogP contribution in [-0.4, -0.2) is 37.2 Å². The Morgan fingerprint density at radius 3 is 0.908 bits per heavy atom. The van der Waals surface area contributed by atoms with Gasteiger partial charge >= 0.3 is 17.9 Å². The van der Waals surface area contributed by atoms with Gasteiger partial charge in [0.15, 0.2) is 6.10 Å². The summed E-state index contributed by atoms with van der Waals surface area (Å²) in [7, 11) is 0. The largest absolute Gasteiger partial charge is 0.462 e. The molecule has 0 N–H and O–H groups in total. The summed E-state index contributed by atoms with van der Waals surface area (Å²) in [4.78, 5) is 38.1. The molecule has 0 unspecified atom stereocenters. The SMILES string of the molecule is CCCCC/C=C\C/C=C\C/C=C\CCCCCCC(=O)OC[C@H](COC(=O)CCCCCCC/C=C\CCCCCC)OC(=O)CCCCCCCCC/C=C\C/C=C\CCCCC. The van der Waals surface area contributed by atoms with E-state index in [1.165, 1.54) is 122 Å². The van der Waals surface area contributed by atoms with Gasteiger partial charge in [-0.05, 0) is 116 Å². The van der Waals surface area contributed by atoms with Crippen molar-refractivity contribution in [2.24, 2.45) is 0 Å². The molecule has 0 rings (SSSR count). The molecular formula is C59H102O6. The van der Waals surface area contributed by atoms with Crippen LogP contribution in [-0.2, 0) is 28.6 Å². The molecule has 6 heteroatoms. The van der Waals surface area contributed by atoms with E-state index in [1.54, 1.807) is 0 Å². The number of unbranched alkanes of at least 4 members (excludes halogenated alkanes) is 26. The fraction of sp³-hybridized carbons (Fsp3) is 0.746. The molecule has 0 aromatic carbocycles. The van der Waals surface area contributed by atoms with Crippen molar-refractivity contribution in [1.82, 2.24) is 0 Å². The van der Waals surface area contributed by atoms with Crippen molar-refractivity contribution in [2.45, 2.75) is 271 Å². The van der Waals surface area contributed by atoms with Crippen LogP contribution in [0.4, 0.5) is 0 Å². The fourth-order valence-corrected chi connectivity index (χ4v) is 7.47. The van der Waals surface area contributed by atoms with E-state index in [4.69, 9.17) is 14.2 Å². The molecule has 0 bridgehead atoms. The highest BCUT2D eigenvalue weighted by atomic mass is 16.6. The van der Waals surface area contributed by atoms with Crippen molar-refractivity contribution in [3.8, 4) is 0 Å². The second kappa shape index (κ2) is 53.5. The van der Waals surface area contributed by atoms with Crippen LogP contribution >= 0.6 is 0 Å². The van der Waals surface area contributed by atoms with Crippen LogP contribution in [0, 0.1) is 0 Å². The van der Waals surface area contributed by atoms with E-state index in [9.17, 15) is 14.4 Å². The van der Waals surface area contributed by atoms with Gasteiger partial charge in [0.25, 0.3) is 0 Å². The smallest absolute Gasteiger partial charge is 0.306 e. The lowest BCUT2D eigenvalue weighted by Crippen LogP contribution is -2.30. The zero-order chi connectivity index (χ0) is 47.2. The molecule has 0 fully saturated rings. The summed E-state index contributed by atoms with van der Waals surface area (Å²) >= 11 is 0. The van der Waals surface area contributed by atoms with Gasteiger partial charge in [-0.1, -0.05) is 203 Å². The summed E-state index contributed by atoms with van der Waals surface area (Å²) in [5, 5.41) is 0. The molecule has 6 nitrogen and oxygen atoms in total. The van der Waals surface area contributed by atoms with Crippen molar-refractivity contribution in [2.75, 3.05) is 13.2 Å². The average molecular weight is 907 g/mol. The summed E-state index contributed by atoms with van der Waals surface area (Å²) in [6.45, 7) is 6.55. The number of carbonyl (C=O) groups is 3. The lowest BCUT2D eigenvalue weighted by Gasteiger charge is -2.18. The number of esters is 3. The first kappa shape index (κ1) is 61.9. The number of hydrogen-bond donors (Lipinski definition) is 0. The van der Waals surface area contributed by atoms with Gasteiger partial charge in [-0.15, -0.1) is 0 Å². The number of ether oxygens (including phenoxy) is 3. The Morgan fingerprint density at radius 2 is 0.554 bits per heavy atom. The van der Waals surface area contributed by atoms with Gasteiger partial charge in [0, 0.05) is 19.3 Å². The Kier molecular flexibility index (Phi) is 50.9. The Morgan fingerprint density at radius 1 is 0.308 bits per heavy atom. The predicted octanol–water partition coefficient (Wildman–Crippen LogP) is 18.2. The maximum atomic E-state index is 12.8. The minimum Gasteiger partial charge on any atom is -0.462 e. The van der Waals surface area contributed by atoms with Gasteiger partial charge in [0.05, 0.1) is 0 Å². The van der Waals surface area contributed by atoms with E-state index in [0.29, 0.717) is 19.3 Å². The highest BCUT2D eigenvalue weighted by Gasteiger charge is 2.19. The van der Waals surface area contributed by atoms with E-state index < -0.39 is 6.10 Å². The van der Waals surface area contributed by atoms with Crippen molar-refractivity contribution >= 4 is 17.9 Å². The third-order valence-electron chi connectivity index (χ3n) is 11.7. The first-order valence-electron chi connectivity index (χ1n) is 27.4. The van der Waals surface area contributed by atoms with Crippen LogP contribution in [0.1, 0.15) is 265 Å². The summed E-state index contributed by atoms with van der Waals surface area (Å²) in [5.74, 6) is -0.924. The van der Waals surface area contributed by atoms with Crippen LogP contribution in [0.3, 0.4) is 0 Å². The average Bonchev–Trinajstić information content (AvgIpc) is 3.30. The minimum absolute atomic E-state index is 0.0902. The van der Waals surface area contributed by atoms with Crippen molar-refractivity contribution in [3.05, 3.63) is 72.9 Å². The van der Waals surface area contributed by atoms with Crippen LogP contribution in [0.5, 0.6) is 0 Å². The number of carbonyl (C=O) groups excluding carboxylic acids is 3. The maximum Gasteiger partial charge on any atom is 0.306 e. The van der Waals surface area contributed by atoms with E-state index in [0.717, 1.165) is 103 Å². The topological polar surface area (TPSA) is 78.9 Å². The van der Waals surface area contributed by atoms with Crippen molar-refractivity contribution < 1.29 is 28.6 Å². The molecule has 0 heterocycles. The first-order chi connectivity index (χ1) is 32.0. The lowest BCUT2D eigenvalue weighted by molar-refractivity contribution is -0.167.